The topological polar surface area (TPSA) is 67.9 Å². The average molecular weight is 536 g/mol. The number of benzene rings is 2. The predicted molar refractivity (Wildman–Crippen MR) is 129 cm³/mol. The number of anilines is 1. The van der Waals surface area contributed by atoms with E-state index in [1.165, 1.54) is 4.90 Å². The van der Waals surface area contributed by atoms with Gasteiger partial charge in [-0.25, -0.2) is 0 Å². The van der Waals surface area contributed by atoms with Gasteiger partial charge in [0.2, 0.25) is 0 Å². The summed E-state index contributed by atoms with van der Waals surface area (Å²) in [6.45, 7) is 6.63. The molecule has 1 saturated heterocycles. The summed E-state index contributed by atoms with van der Waals surface area (Å²) in [5.74, 6) is 0.203. The molecule has 0 atom stereocenters. The molecule has 156 valence electrons. The molecule has 0 spiro atoms. The Labute approximate surface area is 194 Å². The van der Waals surface area contributed by atoms with Gasteiger partial charge in [0.1, 0.15) is 5.57 Å². The summed E-state index contributed by atoms with van der Waals surface area (Å²) in [6, 6.07) is 11.0. The van der Waals surface area contributed by atoms with Gasteiger partial charge >= 0.3 is 0 Å². The van der Waals surface area contributed by atoms with Crippen molar-refractivity contribution >= 4 is 63.5 Å². The Morgan fingerprint density at radius 3 is 2.50 bits per heavy atom. The van der Waals surface area contributed by atoms with Crippen molar-refractivity contribution in [1.29, 1.82) is 0 Å². The second-order valence-electron chi connectivity index (χ2n) is 6.44. The molecule has 0 saturated carbocycles. The molecular formula is C22H21IN2O4S. The monoisotopic (exact) mass is 536 g/mol. The van der Waals surface area contributed by atoms with Gasteiger partial charge in [0, 0.05) is 0 Å². The van der Waals surface area contributed by atoms with Gasteiger partial charge in [0.25, 0.3) is 11.8 Å². The number of hydrogen-bond acceptors (Lipinski definition) is 5. The van der Waals surface area contributed by atoms with E-state index in [0.29, 0.717) is 36.0 Å². The summed E-state index contributed by atoms with van der Waals surface area (Å²) in [5.41, 5.74) is 2.16. The van der Waals surface area contributed by atoms with Gasteiger partial charge < -0.3 is 9.47 Å². The van der Waals surface area contributed by atoms with Crippen molar-refractivity contribution in [2.45, 2.75) is 20.8 Å². The summed E-state index contributed by atoms with van der Waals surface area (Å²) in [6.07, 6.45) is 1.55. The normalized spacial score (nSPS) is 15.4. The molecule has 1 aliphatic heterocycles. The third kappa shape index (κ3) is 4.49. The van der Waals surface area contributed by atoms with Crippen LogP contribution in [0, 0.1) is 10.5 Å². The second kappa shape index (κ2) is 9.57. The molecule has 6 nitrogen and oxygen atoms in total. The third-order valence-electron chi connectivity index (χ3n) is 4.39. The Morgan fingerprint density at radius 1 is 1.13 bits per heavy atom. The van der Waals surface area contributed by atoms with Gasteiger partial charge in [-0.1, -0.05) is 18.2 Å². The fourth-order valence-electron chi connectivity index (χ4n) is 3.08. The number of carbonyl (C=O) groups excluding carboxylic acids is 2. The first-order valence-corrected chi connectivity index (χ1v) is 10.9. The number of carbonyl (C=O) groups is 2. The lowest BCUT2D eigenvalue weighted by atomic mass is 10.1. The molecule has 0 bridgehead atoms. The molecule has 0 aliphatic carbocycles. The number of nitrogens with zero attached hydrogens (tertiary/aromatic N) is 1. The quantitative estimate of drug-likeness (QED) is 0.259. The van der Waals surface area contributed by atoms with Crippen molar-refractivity contribution < 1.29 is 19.1 Å². The number of para-hydroxylation sites is 1. The van der Waals surface area contributed by atoms with Crippen LogP contribution in [0.1, 0.15) is 25.0 Å². The minimum Gasteiger partial charge on any atom is -0.490 e. The standard InChI is InChI=1S/C22H21IN2O4S/c1-4-28-18-12-14(11-16(23)19(18)29-5-2)10-15-20(26)24-22(30)25(21(15)27)17-9-7-6-8-13(17)3/h6-12H,4-5H2,1-3H3,(H,24,26,30)/b15-10+. The summed E-state index contributed by atoms with van der Waals surface area (Å²) in [7, 11) is 0. The highest BCUT2D eigenvalue weighted by Crippen LogP contribution is 2.35. The Balaban J connectivity index is 2.05. The number of hydrogen-bond donors (Lipinski definition) is 1. The van der Waals surface area contributed by atoms with E-state index in [9.17, 15) is 9.59 Å². The van der Waals surface area contributed by atoms with Crippen molar-refractivity contribution in [2.24, 2.45) is 0 Å². The zero-order valence-corrected chi connectivity index (χ0v) is 19.8. The lowest BCUT2D eigenvalue weighted by Gasteiger charge is -2.30. The number of amides is 2. The lowest BCUT2D eigenvalue weighted by molar-refractivity contribution is -0.122. The minimum absolute atomic E-state index is 0.00531. The molecule has 0 unspecified atom stereocenters. The number of aryl methyl sites for hydroxylation is 1. The number of thiocarbonyl (C=S) groups is 1. The van der Waals surface area contributed by atoms with Gasteiger partial charge in [-0.05, 0) is 91.0 Å². The first-order chi connectivity index (χ1) is 14.4. The molecule has 30 heavy (non-hydrogen) atoms. The van der Waals surface area contributed by atoms with Crippen molar-refractivity contribution in [3.8, 4) is 11.5 Å². The number of nitrogens with one attached hydrogen (secondary N) is 1. The molecule has 2 aromatic rings. The highest BCUT2D eigenvalue weighted by atomic mass is 127. The van der Waals surface area contributed by atoms with Gasteiger partial charge in [0.05, 0.1) is 22.5 Å². The highest BCUT2D eigenvalue weighted by Gasteiger charge is 2.35. The molecule has 3 rings (SSSR count). The molecule has 2 amide bonds. The maximum Gasteiger partial charge on any atom is 0.270 e. The minimum atomic E-state index is -0.531. The molecule has 2 aromatic carbocycles. The summed E-state index contributed by atoms with van der Waals surface area (Å²) in [5, 5.41) is 2.68. The van der Waals surface area contributed by atoms with Crippen LogP contribution < -0.4 is 19.7 Å². The fourth-order valence-corrected chi connectivity index (χ4v) is 4.13. The highest BCUT2D eigenvalue weighted by molar-refractivity contribution is 14.1. The molecule has 1 N–H and O–H groups in total. The zero-order valence-electron chi connectivity index (χ0n) is 16.8. The molecule has 0 aromatic heterocycles. The summed E-state index contributed by atoms with van der Waals surface area (Å²) < 4.78 is 12.2. The van der Waals surface area contributed by atoms with E-state index in [-0.39, 0.29) is 10.7 Å². The van der Waals surface area contributed by atoms with Gasteiger partial charge in [-0.2, -0.15) is 0 Å². The van der Waals surface area contributed by atoms with Crippen molar-refractivity contribution in [3.05, 3.63) is 56.7 Å². The number of halogens is 1. The average Bonchev–Trinajstić information content (AvgIpc) is 2.69. The van der Waals surface area contributed by atoms with Crippen LogP contribution in [0.25, 0.3) is 6.08 Å². The summed E-state index contributed by atoms with van der Waals surface area (Å²) >= 11 is 7.42. The Bertz CT molecular complexity index is 1050. The van der Waals surface area contributed by atoms with E-state index in [0.717, 1.165) is 9.13 Å². The molecule has 8 heteroatoms. The van der Waals surface area contributed by atoms with Crippen LogP contribution in [-0.4, -0.2) is 30.1 Å². The van der Waals surface area contributed by atoms with Crippen LogP contribution in [0.3, 0.4) is 0 Å². The third-order valence-corrected chi connectivity index (χ3v) is 5.48. The molecule has 1 fully saturated rings. The van der Waals surface area contributed by atoms with Crippen molar-refractivity contribution in [1.82, 2.24) is 5.32 Å². The molecule has 0 radical (unpaired) electrons. The van der Waals surface area contributed by atoms with Gasteiger partial charge in [-0.3, -0.25) is 19.8 Å². The smallest absolute Gasteiger partial charge is 0.270 e. The maximum atomic E-state index is 13.2. The predicted octanol–water partition coefficient (Wildman–Crippen LogP) is 4.23. The van der Waals surface area contributed by atoms with Crippen LogP contribution in [0.4, 0.5) is 5.69 Å². The van der Waals surface area contributed by atoms with Crippen molar-refractivity contribution in [2.75, 3.05) is 18.1 Å². The van der Waals surface area contributed by atoms with Crippen LogP contribution in [-0.2, 0) is 9.59 Å². The SMILES string of the molecule is CCOc1cc(/C=C2\C(=O)NC(=S)N(c3ccccc3C)C2=O)cc(I)c1OCC. The molecule has 1 aliphatic rings. The first-order valence-electron chi connectivity index (χ1n) is 9.43. The Morgan fingerprint density at radius 2 is 1.83 bits per heavy atom. The summed E-state index contributed by atoms with van der Waals surface area (Å²) in [4.78, 5) is 27.1. The first kappa shape index (κ1) is 22.2. The van der Waals surface area contributed by atoms with E-state index in [4.69, 9.17) is 21.7 Å². The molecule has 1 heterocycles. The zero-order chi connectivity index (χ0) is 21.8. The Kier molecular flexibility index (Phi) is 7.09. The van der Waals surface area contributed by atoms with E-state index < -0.39 is 11.8 Å². The van der Waals surface area contributed by atoms with Crippen LogP contribution in [0.15, 0.2) is 42.0 Å². The number of ether oxygens (including phenoxy) is 2. The Hall–Kier alpha value is -2.46. The largest absolute Gasteiger partial charge is 0.490 e. The van der Waals surface area contributed by atoms with Gasteiger partial charge in [-0.15, -0.1) is 0 Å². The lowest BCUT2D eigenvalue weighted by Crippen LogP contribution is -2.54. The second-order valence-corrected chi connectivity index (χ2v) is 7.99. The fraction of sp³-hybridized carbons (Fsp3) is 0.227. The van der Waals surface area contributed by atoms with E-state index in [2.05, 4.69) is 27.9 Å². The van der Waals surface area contributed by atoms with E-state index in [1.807, 2.05) is 45.0 Å². The van der Waals surface area contributed by atoms with E-state index in [1.54, 1.807) is 18.2 Å². The van der Waals surface area contributed by atoms with E-state index >= 15 is 0 Å². The van der Waals surface area contributed by atoms with Crippen molar-refractivity contribution in [3.63, 3.8) is 0 Å². The molecular weight excluding hydrogens is 515 g/mol. The van der Waals surface area contributed by atoms with Crippen LogP contribution in [0.5, 0.6) is 11.5 Å². The number of rotatable bonds is 6. The van der Waals surface area contributed by atoms with Crippen LogP contribution in [0.2, 0.25) is 0 Å². The van der Waals surface area contributed by atoms with Gasteiger partial charge in [0.15, 0.2) is 16.6 Å². The van der Waals surface area contributed by atoms with Crippen LogP contribution >= 0.6 is 34.8 Å². The maximum absolute atomic E-state index is 13.2.